The Kier molecular flexibility index (Phi) is 7.66. The van der Waals surface area contributed by atoms with Gasteiger partial charge in [-0.05, 0) is 41.2 Å². The van der Waals surface area contributed by atoms with Crippen LogP contribution in [0.1, 0.15) is 40.3 Å². The van der Waals surface area contributed by atoms with E-state index in [1.54, 1.807) is 6.07 Å². The molecule has 1 aliphatic carbocycles. The van der Waals surface area contributed by atoms with Gasteiger partial charge in [0.25, 0.3) is 0 Å². The van der Waals surface area contributed by atoms with Crippen molar-refractivity contribution < 1.29 is 14.2 Å². The number of hydrogen-bond acceptors (Lipinski definition) is 3. The van der Waals surface area contributed by atoms with Gasteiger partial charge in [-0.15, -0.1) is 0 Å². The van der Waals surface area contributed by atoms with E-state index in [9.17, 15) is 5.11 Å². The SMILES string of the molecule is O[C@@H]1c2c(cc(OCc3ccccc3)c(Cl)c2F)CC[C@H]1N(Cc1ccccc1)Cc1ccccc1. The summed E-state index contributed by atoms with van der Waals surface area (Å²) < 4.78 is 21.5. The van der Waals surface area contributed by atoms with Gasteiger partial charge in [-0.2, -0.15) is 0 Å². The van der Waals surface area contributed by atoms with E-state index in [4.69, 9.17) is 16.3 Å². The summed E-state index contributed by atoms with van der Waals surface area (Å²) in [5.41, 5.74) is 4.31. The second-order valence-corrected chi connectivity index (χ2v) is 9.65. The number of nitrogens with zero attached hydrogens (tertiary/aromatic N) is 1. The van der Waals surface area contributed by atoms with Gasteiger partial charge in [-0.3, -0.25) is 4.90 Å². The Morgan fingerprint density at radius 1 is 0.833 bits per heavy atom. The topological polar surface area (TPSA) is 32.7 Å². The number of fused-ring (bicyclic) bond motifs is 1. The maximum absolute atomic E-state index is 15.6. The van der Waals surface area contributed by atoms with E-state index in [2.05, 4.69) is 29.2 Å². The van der Waals surface area contributed by atoms with E-state index >= 15 is 4.39 Å². The van der Waals surface area contributed by atoms with Gasteiger partial charge in [-0.25, -0.2) is 4.39 Å². The minimum atomic E-state index is -0.998. The molecule has 4 aromatic carbocycles. The molecule has 0 bridgehead atoms. The molecule has 3 nitrogen and oxygen atoms in total. The molecule has 0 spiro atoms. The summed E-state index contributed by atoms with van der Waals surface area (Å²) in [5, 5.41) is 11.4. The Balaban J connectivity index is 1.41. The molecule has 0 fully saturated rings. The smallest absolute Gasteiger partial charge is 0.151 e. The summed E-state index contributed by atoms with van der Waals surface area (Å²) in [6.07, 6.45) is 0.335. The van der Waals surface area contributed by atoms with Gasteiger partial charge in [0.15, 0.2) is 5.82 Å². The third-order valence-electron chi connectivity index (χ3n) is 6.83. The van der Waals surface area contributed by atoms with Crippen LogP contribution in [0.5, 0.6) is 5.75 Å². The molecule has 0 heterocycles. The molecule has 1 aliphatic rings. The number of aliphatic hydroxyl groups is 1. The van der Waals surface area contributed by atoms with Crippen LogP contribution in [0.15, 0.2) is 97.1 Å². The zero-order valence-corrected chi connectivity index (χ0v) is 20.7. The Morgan fingerprint density at radius 2 is 1.36 bits per heavy atom. The van der Waals surface area contributed by atoms with Crippen molar-refractivity contribution >= 4 is 11.6 Å². The number of aliphatic hydroxyl groups excluding tert-OH is 1. The molecule has 4 aromatic rings. The largest absolute Gasteiger partial charge is 0.487 e. The normalized spacial score (nSPS) is 17.1. The van der Waals surface area contributed by atoms with E-state index in [-0.39, 0.29) is 16.6 Å². The molecule has 0 amide bonds. The fourth-order valence-corrected chi connectivity index (χ4v) is 5.21. The first kappa shape index (κ1) is 24.5. The number of aryl methyl sites for hydroxylation is 1. The monoisotopic (exact) mass is 501 g/mol. The molecule has 5 heteroatoms. The van der Waals surface area contributed by atoms with Gasteiger partial charge >= 0.3 is 0 Å². The Hall–Kier alpha value is -3.18. The number of rotatable bonds is 8. The van der Waals surface area contributed by atoms with Crippen LogP contribution in [-0.2, 0) is 26.1 Å². The van der Waals surface area contributed by atoms with Gasteiger partial charge in [0.1, 0.15) is 17.4 Å². The Morgan fingerprint density at radius 3 is 1.92 bits per heavy atom. The maximum atomic E-state index is 15.6. The van der Waals surface area contributed by atoms with E-state index in [1.807, 2.05) is 66.7 Å². The van der Waals surface area contributed by atoms with Crippen LogP contribution < -0.4 is 4.74 Å². The van der Waals surface area contributed by atoms with Gasteiger partial charge in [0.2, 0.25) is 0 Å². The van der Waals surface area contributed by atoms with Crippen molar-refractivity contribution in [3.8, 4) is 5.75 Å². The Labute approximate surface area is 216 Å². The molecule has 0 saturated carbocycles. The van der Waals surface area contributed by atoms with Crippen LogP contribution in [-0.4, -0.2) is 16.0 Å². The van der Waals surface area contributed by atoms with Crippen LogP contribution >= 0.6 is 11.6 Å². The fraction of sp³-hybridized carbons (Fsp3) is 0.226. The van der Waals surface area contributed by atoms with Gasteiger partial charge in [0.05, 0.1) is 6.10 Å². The predicted molar refractivity (Wildman–Crippen MR) is 141 cm³/mol. The first-order valence-electron chi connectivity index (χ1n) is 12.3. The van der Waals surface area contributed by atoms with Crippen LogP contribution in [0.3, 0.4) is 0 Å². The highest BCUT2D eigenvalue weighted by Gasteiger charge is 2.36. The van der Waals surface area contributed by atoms with E-state index in [1.165, 1.54) is 0 Å². The van der Waals surface area contributed by atoms with E-state index < -0.39 is 11.9 Å². The predicted octanol–water partition coefficient (Wildman–Crippen LogP) is 7.11. The molecule has 5 rings (SSSR count). The highest BCUT2D eigenvalue weighted by Crippen LogP contribution is 2.42. The summed E-state index contributed by atoms with van der Waals surface area (Å²) in [7, 11) is 0. The standard InChI is InChI=1S/C31H29ClFNO2/c32-29-27(36-21-24-14-8-3-9-15-24)18-25-16-17-26(31(35)28(25)30(29)33)34(19-22-10-4-1-5-11-22)20-23-12-6-2-7-13-23/h1-15,18,26,31,35H,16-17,19-21H2/t26-,31+/m1/s1. The molecule has 0 saturated heterocycles. The molecule has 2 atom stereocenters. The molecule has 0 radical (unpaired) electrons. The van der Waals surface area contributed by atoms with Crippen molar-refractivity contribution in [1.29, 1.82) is 0 Å². The quantitative estimate of drug-likeness (QED) is 0.279. The second kappa shape index (κ2) is 11.3. The highest BCUT2D eigenvalue weighted by atomic mass is 35.5. The summed E-state index contributed by atoms with van der Waals surface area (Å²) in [4.78, 5) is 2.24. The summed E-state index contributed by atoms with van der Waals surface area (Å²) in [6, 6.07) is 31.6. The summed E-state index contributed by atoms with van der Waals surface area (Å²) in [5.74, 6) is -0.276. The number of halogens is 2. The lowest BCUT2D eigenvalue weighted by Crippen LogP contribution is -2.42. The highest BCUT2D eigenvalue weighted by molar-refractivity contribution is 6.32. The third-order valence-corrected chi connectivity index (χ3v) is 7.18. The first-order valence-corrected chi connectivity index (χ1v) is 12.7. The van der Waals surface area contributed by atoms with Crippen molar-refractivity contribution in [1.82, 2.24) is 4.90 Å². The van der Waals surface area contributed by atoms with Crippen molar-refractivity contribution in [2.75, 3.05) is 0 Å². The third kappa shape index (κ3) is 5.46. The van der Waals surface area contributed by atoms with Crippen molar-refractivity contribution in [3.63, 3.8) is 0 Å². The lowest BCUT2D eigenvalue weighted by Gasteiger charge is -2.39. The van der Waals surface area contributed by atoms with Crippen LogP contribution in [0.25, 0.3) is 0 Å². The first-order chi connectivity index (χ1) is 17.6. The van der Waals surface area contributed by atoms with Crippen molar-refractivity contribution in [3.05, 3.63) is 136 Å². The van der Waals surface area contributed by atoms with Crippen LogP contribution in [0.2, 0.25) is 5.02 Å². The van der Waals surface area contributed by atoms with Gasteiger partial charge in [0, 0.05) is 24.7 Å². The van der Waals surface area contributed by atoms with E-state index in [0.29, 0.717) is 38.3 Å². The zero-order chi connectivity index (χ0) is 24.9. The number of hydrogen-bond donors (Lipinski definition) is 1. The molecular formula is C31H29ClFNO2. The molecule has 0 unspecified atom stereocenters. The van der Waals surface area contributed by atoms with E-state index in [0.717, 1.165) is 22.3 Å². The zero-order valence-electron chi connectivity index (χ0n) is 20.0. The lowest BCUT2D eigenvalue weighted by molar-refractivity contribution is 0.0243. The minimum absolute atomic E-state index is 0.0814. The number of ether oxygens (including phenoxy) is 1. The van der Waals surface area contributed by atoms with Crippen LogP contribution in [0, 0.1) is 5.82 Å². The lowest BCUT2D eigenvalue weighted by atomic mass is 9.84. The molecule has 1 N–H and O–H groups in total. The average Bonchev–Trinajstić information content (AvgIpc) is 2.91. The molecule has 0 aromatic heterocycles. The Bertz CT molecular complexity index is 1240. The summed E-state index contributed by atoms with van der Waals surface area (Å²) >= 11 is 6.42. The minimum Gasteiger partial charge on any atom is -0.487 e. The summed E-state index contributed by atoms with van der Waals surface area (Å²) in [6.45, 7) is 1.60. The van der Waals surface area contributed by atoms with Crippen molar-refractivity contribution in [2.24, 2.45) is 0 Å². The fourth-order valence-electron chi connectivity index (χ4n) is 5.00. The van der Waals surface area contributed by atoms with Crippen molar-refractivity contribution in [2.45, 2.75) is 44.7 Å². The molecule has 0 aliphatic heterocycles. The average molecular weight is 502 g/mol. The van der Waals surface area contributed by atoms with Gasteiger partial charge < -0.3 is 9.84 Å². The van der Waals surface area contributed by atoms with Crippen LogP contribution in [0.4, 0.5) is 4.39 Å². The second-order valence-electron chi connectivity index (χ2n) is 9.28. The molecule has 36 heavy (non-hydrogen) atoms. The number of benzene rings is 4. The molecular weight excluding hydrogens is 473 g/mol. The molecule has 184 valence electrons. The van der Waals surface area contributed by atoms with Gasteiger partial charge in [-0.1, -0.05) is 103 Å². The maximum Gasteiger partial charge on any atom is 0.151 e.